The fraction of sp³-hybridized carbons (Fsp3) is 0.333. The Morgan fingerprint density at radius 1 is 1.17 bits per heavy atom. The van der Waals surface area contributed by atoms with Crippen LogP contribution in [0.25, 0.3) is 0 Å². The number of carboxylic acids is 1. The van der Waals surface area contributed by atoms with E-state index in [0.717, 1.165) is 0 Å². The van der Waals surface area contributed by atoms with Gasteiger partial charge in [0.25, 0.3) is 0 Å². The van der Waals surface area contributed by atoms with E-state index in [1.165, 1.54) is 13.8 Å². The fourth-order valence-electron chi connectivity index (χ4n) is 1.28. The summed E-state index contributed by atoms with van der Waals surface area (Å²) < 4.78 is 11.8. The highest BCUT2D eigenvalue weighted by atomic mass is 32.2. The van der Waals surface area contributed by atoms with Gasteiger partial charge in [0.1, 0.15) is 10.5 Å². The second kappa shape index (κ2) is 6.30. The van der Waals surface area contributed by atoms with Crippen molar-refractivity contribution >= 4 is 28.4 Å². The predicted octanol–water partition coefficient (Wildman–Crippen LogP) is 1.24. The molecule has 1 amide bonds. The number of aliphatic carboxylic acids is 1. The van der Waals surface area contributed by atoms with Crippen LogP contribution in [0.3, 0.4) is 0 Å². The molecule has 98 valence electrons. The smallest absolute Gasteiger partial charge is 0.319 e. The highest BCUT2D eigenvalue weighted by Crippen LogP contribution is 2.10. The summed E-state index contributed by atoms with van der Waals surface area (Å²) >= 11 is 0. The normalized spacial score (nSPS) is 15.4. The molecule has 0 aliphatic rings. The van der Waals surface area contributed by atoms with Gasteiger partial charge >= 0.3 is 5.97 Å². The Balaban J connectivity index is 2.67. The minimum Gasteiger partial charge on any atom is -0.480 e. The number of hydrogen-bond donors (Lipinski definition) is 2. The molecular weight excluding hydrogens is 254 g/mol. The number of nitrogens with one attached hydrogen (secondary N) is 1. The van der Waals surface area contributed by atoms with Crippen molar-refractivity contribution < 1.29 is 18.9 Å². The average molecular weight is 269 g/mol. The Labute approximate surface area is 108 Å². The van der Waals surface area contributed by atoms with Gasteiger partial charge in [-0.15, -0.1) is 0 Å². The molecule has 0 fully saturated rings. The van der Waals surface area contributed by atoms with Crippen LogP contribution in [0.15, 0.2) is 30.3 Å². The number of carbonyl (C=O) groups excluding carboxylic acids is 1. The predicted molar refractivity (Wildman–Crippen MR) is 69.8 cm³/mol. The molecule has 6 heteroatoms. The second-order valence-electron chi connectivity index (χ2n) is 3.81. The Hall–Kier alpha value is -1.69. The van der Waals surface area contributed by atoms with Gasteiger partial charge in [-0.1, -0.05) is 18.2 Å². The summed E-state index contributed by atoms with van der Waals surface area (Å²) in [5.74, 6) is -1.62. The monoisotopic (exact) mass is 269 g/mol. The quantitative estimate of drug-likeness (QED) is 0.842. The first-order valence-corrected chi connectivity index (χ1v) is 6.69. The Bertz CT molecular complexity index is 460. The van der Waals surface area contributed by atoms with Crippen LogP contribution in [0.4, 0.5) is 5.69 Å². The SMILES string of the molecule is CC(C(=O)O)S(=O)C(C)C(=O)Nc1ccccc1. The first-order valence-electron chi connectivity index (χ1n) is 5.41. The topological polar surface area (TPSA) is 83.5 Å². The van der Waals surface area contributed by atoms with Gasteiger partial charge in [0.15, 0.2) is 0 Å². The molecule has 1 aromatic carbocycles. The van der Waals surface area contributed by atoms with Gasteiger partial charge in [0, 0.05) is 16.5 Å². The summed E-state index contributed by atoms with van der Waals surface area (Å²) in [4.78, 5) is 22.5. The number of carboxylic acid groups (broad SMARTS) is 1. The van der Waals surface area contributed by atoms with Crippen molar-refractivity contribution in [2.75, 3.05) is 5.32 Å². The van der Waals surface area contributed by atoms with Crippen LogP contribution in [-0.4, -0.2) is 31.7 Å². The minimum absolute atomic E-state index is 0.451. The zero-order valence-corrected chi connectivity index (χ0v) is 10.9. The summed E-state index contributed by atoms with van der Waals surface area (Å²) in [6, 6.07) is 8.74. The largest absolute Gasteiger partial charge is 0.480 e. The van der Waals surface area contributed by atoms with E-state index in [4.69, 9.17) is 5.11 Å². The van der Waals surface area contributed by atoms with E-state index in [1.54, 1.807) is 24.3 Å². The number of rotatable bonds is 5. The molecule has 0 radical (unpaired) electrons. The van der Waals surface area contributed by atoms with Crippen molar-refractivity contribution in [1.82, 2.24) is 0 Å². The van der Waals surface area contributed by atoms with Crippen LogP contribution >= 0.6 is 0 Å². The number of anilines is 1. The number of para-hydroxylation sites is 1. The average Bonchev–Trinajstić information content (AvgIpc) is 2.37. The summed E-state index contributed by atoms with van der Waals surface area (Å²) in [5, 5.41) is 9.39. The highest BCUT2D eigenvalue weighted by Gasteiger charge is 2.28. The molecule has 0 heterocycles. The molecule has 3 unspecified atom stereocenters. The minimum atomic E-state index is -1.75. The summed E-state index contributed by atoms with van der Waals surface area (Å²) in [6.45, 7) is 2.78. The molecule has 18 heavy (non-hydrogen) atoms. The number of carbonyl (C=O) groups is 2. The molecule has 3 atom stereocenters. The zero-order chi connectivity index (χ0) is 13.7. The van der Waals surface area contributed by atoms with Gasteiger partial charge in [0.05, 0.1) is 0 Å². The molecule has 0 saturated carbocycles. The lowest BCUT2D eigenvalue weighted by Crippen LogP contribution is -2.36. The Morgan fingerprint density at radius 3 is 2.22 bits per heavy atom. The maximum atomic E-state index is 11.8. The maximum Gasteiger partial charge on any atom is 0.319 e. The first-order chi connectivity index (χ1) is 8.43. The van der Waals surface area contributed by atoms with Gasteiger partial charge < -0.3 is 10.4 Å². The van der Waals surface area contributed by atoms with Crippen LogP contribution in [0.5, 0.6) is 0 Å². The van der Waals surface area contributed by atoms with Crippen molar-refractivity contribution in [3.8, 4) is 0 Å². The van der Waals surface area contributed by atoms with Crippen molar-refractivity contribution in [3.63, 3.8) is 0 Å². The first kappa shape index (κ1) is 14.4. The molecule has 0 bridgehead atoms. The van der Waals surface area contributed by atoms with Crippen LogP contribution in [0.2, 0.25) is 0 Å². The van der Waals surface area contributed by atoms with Gasteiger partial charge in [-0.2, -0.15) is 0 Å². The van der Waals surface area contributed by atoms with Crippen molar-refractivity contribution in [2.45, 2.75) is 24.3 Å². The Morgan fingerprint density at radius 2 is 1.72 bits per heavy atom. The standard InChI is InChI=1S/C12H15NO4S/c1-8(18(17)9(2)12(15)16)11(14)13-10-6-4-3-5-7-10/h3-9H,1-2H3,(H,13,14)(H,15,16). The van der Waals surface area contributed by atoms with Crippen LogP contribution in [0, 0.1) is 0 Å². The van der Waals surface area contributed by atoms with Gasteiger partial charge in [0.2, 0.25) is 5.91 Å². The molecule has 1 aromatic rings. The van der Waals surface area contributed by atoms with E-state index < -0.39 is 33.2 Å². The summed E-state index contributed by atoms with van der Waals surface area (Å²) in [5.41, 5.74) is 0.592. The van der Waals surface area contributed by atoms with E-state index in [1.807, 2.05) is 6.07 Å². The lowest BCUT2D eigenvalue weighted by atomic mass is 10.3. The van der Waals surface area contributed by atoms with Crippen LogP contribution in [0.1, 0.15) is 13.8 Å². The van der Waals surface area contributed by atoms with E-state index in [2.05, 4.69) is 5.32 Å². The van der Waals surface area contributed by atoms with E-state index in [0.29, 0.717) is 5.69 Å². The van der Waals surface area contributed by atoms with Gasteiger partial charge in [-0.25, -0.2) is 0 Å². The van der Waals surface area contributed by atoms with Crippen molar-refractivity contribution in [2.24, 2.45) is 0 Å². The van der Waals surface area contributed by atoms with Crippen molar-refractivity contribution in [3.05, 3.63) is 30.3 Å². The van der Waals surface area contributed by atoms with Crippen molar-refractivity contribution in [1.29, 1.82) is 0 Å². The van der Waals surface area contributed by atoms with E-state index >= 15 is 0 Å². The number of benzene rings is 1. The third-order valence-corrected chi connectivity index (χ3v) is 4.26. The Kier molecular flexibility index (Phi) is 5.03. The number of hydrogen-bond acceptors (Lipinski definition) is 3. The van der Waals surface area contributed by atoms with E-state index in [9.17, 15) is 13.8 Å². The van der Waals surface area contributed by atoms with E-state index in [-0.39, 0.29) is 0 Å². The molecule has 0 aliphatic carbocycles. The van der Waals surface area contributed by atoms with Crippen LogP contribution in [-0.2, 0) is 20.4 Å². The summed E-state index contributed by atoms with van der Waals surface area (Å²) in [7, 11) is -1.75. The van der Waals surface area contributed by atoms with Crippen LogP contribution < -0.4 is 5.32 Å². The molecular formula is C12H15NO4S. The molecule has 5 nitrogen and oxygen atoms in total. The van der Waals surface area contributed by atoms with Gasteiger partial charge in [-0.3, -0.25) is 13.8 Å². The summed E-state index contributed by atoms with van der Waals surface area (Å²) in [6.07, 6.45) is 0. The third kappa shape index (κ3) is 3.66. The maximum absolute atomic E-state index is 11.8. The fourth-order valence-corrected chi connectivity index (χ4v) is 2.36. The lowest BCUT2D eigenvalue weighted by molar-refractivity contribution is -0.136. The molecule has 0 saturated heterocycles. The molecule has 2 N–H and O–H groups in total. The molecule has 0 spiro atoms. The second-order valence-corrected chi connectivity index (χ2v) is 5.88. The highest BCUT2D eigenvalue weighted by molar-refractivity contribution is 7.87. The zero-order valence-electron chi connectivity index (χ0n) is 10.1. The molecule has 1 rings (SSSR count). The molecule has 0 aromatic heterocycles. The van der Waals surface area contributed by atoms with Gasteiger partial charge in [-0.05, 0) is 26.0 Å². The third-order valence-electron chi connectivity index (χ3n) is 2.46. The lowest BCUT2D eigenvalue weighted by Gasteiger charge is -2.14. The number of amides is 1. The molecule has 0 aliphatic heterocycles.